The second-order valence-electron chi connectivity index (χ2n) is 5.48. The quantitative estimate of drug-likeness (QED) is 0.725. The first-order chi connectivity index (χ1) is 10.1. The van der Waals surface area contributed by atoms with Crippen LogP contribution in [-0.2, 0) is 10.6 Å². The number of fused-ring (bicyclic) bond motifs is 1. The van der Waals surface area contributed by atoms with Gasteiger partial charge in [-0.1, -0.05) is 23.2 Å². The van der Waals surface area contributed by atoms with Gasteiger partial charge in [0.2, 0.25) is 0 Å². The standard InChI is InChI=1S/C15H17Cl3N2O/c1-9(10-2-4-21-5-3-10)20-14-7-12(18)11(17)6-13(14)19-15(20)8-16/h6-7,9-10H,2-5,8H2,1H3. The third kappa shape index (κ3) is 2.89. The van der Waals surface area contributed by atoms with Crippen molar-refractivity contribution >= 4 is 45.8 Å². The van der Waals surface area contributed by atoms with Gasteiger partial charge in [0, 0.05) is 19.3 Å². The first-order valence-corrected chi connectivity index (χ1v) is 8.40. The minimum absolute atomic E-state index is 0.310. The summed E-state index contributed by atoms with van der Waals surface area (Å²) in [6, 6.07) is 4.01. The summed E-state index contributed by atoms with van der Waals surface area (Å²) in [4.78, 5) is 4.61. The molecule has 0 radical (unpaired) electrons. The maximum atomic E-state index is 6.18. The number of nitrogens with zero attached hydrogens (tertiary/aromatic N) is 2. The molecule has 1 aliphatic heterocycles. The molecule has 3 rings (SSSR count). The summed E-state index contributed by atoms with van der Waals surface area (Å²) in [5.74, 6) is 1.80. The van der Waals surface area contributed by atoms with Crippen LogP contribution in [0.1, 0.15) is 31.6 Å². The highest BCUT2D eigenvalue weighted by Gasteiger charge is 2.25. The second kappa shape index (κ2) is 6.33. The maximum absolute atomic E-state index is 6.18. The Morgan fingerprint density at radius 3 is 2.62 bits per heavy atom. The molecule has 114 valence electrons. The average Bonchev–Trinajstić information content (AvgIpc) is 2.85. The average molecular weight is 348 g/mol. The Kier molecular flexibility index (Phi) is 4.65. The summed E-state index contributed by atoms with van der Waals surface area (Å²) in [5.41, 5.74) is 1.85. The van der Waals surface area contributed by atoms with Crippen molar-refractivity contribution in [3.05, 3.63) is 28.0 Å². The second-order valence-corrected chi connectivity index (χ2v) is 6.56. The number of ether oxygens (including phenoxy) is 1. The minimum Gasteiger partial charge on any atom is -0.381 e. The Morgan fingerprint density at radius 1 is 1.29 bits per heavy atom. The van der Waals surface area contributed by atoms with Gasteiger partial charge >= 0.3 is 0 Å². The molecular formula is C15H17Cl3N2O. The van der Waals surface area contributed by atoms with Gasteiger partial charge in [-0.25, -0.2) is 4.98 Å². The molecule has 6 heteroatoms. The number of alkyl halides is 1. The van der Waals surface area contributed by atoms with Gasteiger partial charge in [-0.15, -0.1) is 11.6 Å². The smallest absolute Gasteiger partial charge is 0.125 e. The summed E-state index contributed by atoms with van der Waals surface area (Å²) in [7, 11) is 0. The maximum Gasteiger partial charge on any atom is 0.125 e. The summed E-state index contributed by atoms with van der Waals surface area (Å²) < 4.78 is 7.67. The minimum atomic E-state index is 0.310. The van der Waals surface area contributed by atoms with Crippen molar-refractivity contribution in [2.45, 2.75) is 31.7 Å². The van der Waals surface area contributed by atoms with Crippen molar-refractivity contribution in [1.82, 2.24) is 9.55 Å². The Morgan fingerprint density at radius 2 is 1.95 bits per heavy atom. The molecule has 0 amide bonds. The van der Waals surface area contributed by atoms with Crippen LogP contribution in [0.5, 0.6) is 0 Å². The van der Waals surface area contributed by atoms with Crippen LogP contribution in [0.25, 0.3) is 11.0 Å². The summed E-state index contributed by atoms with van der Waals surface area (Å²) in [6.07, 6.45) is 2.12. The van der Waals surface area contributed by atoms with Gasteiger partial charge in [0.15, 0.2) is 0 Å². The van der Waals surface area contributed by atoms with Gasteiger partial charge in [-0.2, -0.15) is 0 Å². The Bertz CT molecular complexity index is 650. The summed E-state index contributed by atoms with van der Waals surface area (Å²) in [5, 5.41) is 1.07. The number of hydrogen-bond acceptors (Lipinski definition) is 2. The number of rotatable bonds is 3. The number of imidazole rings is 1. The van der Waals surface area contributed by atoms with E-state index >= 15 is 0 Å². The number of hydrogen-bond donors (Lipinski definition) is 0. The third-order valence-electron chi connectivity index (χ3n) is 4.28. The Hall–Kier alpha value is -0.480. The number of benzene rings is 1. The molecule has 1 aromatic heterocycles. The van der Waals surface area contributed by atoms with Crippen LogP contribution >= 0.6 is 34.8 Å². The van der Waals surface area contributed by atoms with Crippen molar-refractivity contribution < 1.29 is 4.74 Å². The molecular weight excluding hydrogens is 331 g/mol. The molecule has 1 aromatic carbocycles. The lowest BCUT2D eigenvalue weighted by atomic mass is 9.92. The van der Waals surface area contributed by atoms with Crippen LogP contribution in [-0.4, -0.2) is 22.8 Å². The molecule has 1 atom stereocenters. The highest BCUT2D eigenvalue weighted by atomic mass is 35.5. The highest BCUT2D eigenvalue weighted by molar-refractivity contribution is 6.42. The van der Waals surface area contributed by atoms with Gasteiger partial charge in [0.05, 0.1) is 27.0 Å². The largest absolute Gasteiger partial charge is 0.381 e. The molecule has 1 saturated heterocycles. The van der Waals surface area contributed by atoms with Gasteiger partial charge < -0.3 is 9.30 Å². The predicted octanol–water partition coefficient (Wildman–Crippen LogP) is 5.07. The van der Waals surface area contributed by atoms with E-state index in [-0.39, 0.29) is 0 Å². The first kappa shape index (κ1) is 15.4. The number of halogens is 3. The zero-order valence-corrected chi connectivity index (χ0v) is 14.0. The van der Waals surface area contributed by atoms with Crippen LogP contribution < -0.4 is 0 Å². The van der Waals surface area contributed by atoms with Gasteiger partial charge in [-0.05, 0) is 37.8 Å². The zero-order chi connectivity index (χ0) is 15.0. The lowest BCUT2D eigenvalue weighted by Crippen LogP contribution is -2.25. The molecule has 0 saturated carbocycles. The molecule has 1 unspecified atom stereocenters. The van der Waals surface area contributed by atoms with Crippen LogP contribution in [0.3, 0.4) is 0 Å². The van der Waals surface area contributed by atoms with Crippen LogP contribution in [0.4, 0.5) is 0 Å². The molecule has 2 aromatic rings. The molecule has 0 bridgehead atoms. The van der Waals surface area contributed by atoms with Crippen LogP contribution in [0.15, 0.2) is 12.1 Å². The molecule has 2 heterocycles. The zero-order valence-electron chi connectivity index (χ0n) is 11.8. The molecule has 3 nitrogen and oxygen atoms in total. The summed E-state index contributed by atoms with van der Waals surface area (Å²) in [6.45, 7) is 3.87. The monoisotopic (exact) mass is 346 g/mol. The van der Waals surface area contributed by atoms with Crippen molar-refractivity contribution in [2.75, 3.05) is 13.2 Å². The van der Waals surface area contributed by atoms with Crippen molar-refractivity contribution in [3.8, 4) is 0 Å². The van der Waals surface area contributed by atoms with E-state index in [2.05, 4.69) is 16.5 Å². The van der Waals surface area contributed by atoms with Gasteiger partial charge in [0.1, 0.15) is 5.82 Å². The molecule has 1 fully saturated rings. The third-order valence-corrected chi connectivity index (χ3v) is 5.24. The van der Waals surface area contributed by atoms with Crippen molar-refractivity contribution in [3.63, 3.8) is 0 Å². The van der Waals surface area contributed by atoms with Gasteiger partial charge in [0.25, 0.3) is 0 Å². The Balaban J connectivity index is 2.08. The fraction of sp³-hybridized carbons (Fsp3) is 0.533. The van der Waals surface area contributed by atoms with Crippen LogP contribution in [0.2, 0.25) is 10.0 Å². The van der Waals surface area contributed by atoms with Gasteiger partial charge in [-0.3, -0.25) is 0 Å². The highest BCUT2D eigenvalue weighted by Crippen LogP contribution is 2.35. The van der Waals surface area contributed by atoms with Crippen molar-refractivity contribution in [2.24, 2.45) is 5.92 Å². The molecule has 0 spiro atoms. The molecule has 1 aliphatic rings. The topological polar surface area (TPSA) is 27.1 Å². The van der Waals surface area contributed by atoms with E-state index in [0.717, 1.165) is 42.9 Å². The normalized spacial score (nSPS) is 18.3. The van der Waals surface area contributed by atoms with E-state index in [1.165, 1.54) is 0 Å². The SMILES string of the molecule is CC(C1CCOCC1)n1c(CCl)nc2cc(Cl)c(Cl)cc21. The number of aromatic nitrogens is 2. The lowest BCUT2D eigenvalue weighted by Gasteiger charge is -2.30. The molecule has 0 aliphatic carbocycles. The molecule has 0 N–H and O–H groups in total. The van der Waals surface area contributed by atoms with E-state index in [0.29, 0.717) is 27.9 Å². The van der Waals surface area contributed by atoms with E-state index in [4.69, 9.17) is 39.5 Å². The molecule has 21 heavy (non-hydrogen) atoms. The van der Waals surface area contributed by atoms with E-state index < -0.39 is 0 Å². The van der Waals surface area contributed by atoms with Crippen LogP contribution in [0, 0.1) is 5.92 Å². The first-order valence-electron chi connectivity index (χ1n) is 7.11. The van der Waals surface area contributed by atoms with E-state index in [1.807, 2.05) is 12.1 Å². The van der Waals surface area contributed by atoms with E-state index in [1.54, 1.807) is 0 Å². The lowest BCUT2D eigenvalue weighted by molar-refractivity contribution is 0.0516. The Labute approximate surface area is 139 Å². The fourth-order valence-corrected chi connectivity index (χ4v) is 3.60. The fourth-order valence-electron chi connectivity index (χ4n) is 3.10. The summed E-state index contributed by atoms with van der Waals surface area (Å²) >= 11 is 18.4. The van der Waals surface area contributed by atoms with Crippen molar-refractivity contribution in [1.29, 1.82) is 0 Å². The predicted molar refractivity (Wildman–Crippen MR) is 87.6 cm³/mol. The van der Waals surface area contributed by atoms with E-state index in [9.17, 15) is 0 Å².